The predicted molar refractivity (Wildman–Crippen MR) is 95.1 cm³/mol. The molecule has 0 bridgehead atoms. The largest absolute Gasteiger partial charge is 0.353 e. The van der Waals surface area contributed by atoms with E-state index in [4.69, 9.17) is 9.47 Å². The fourth-order valence-electron chi connectivity index (χ4n) is 3.02. The van der Waals surface area contributed by atoms with Crippen LogP contribution in [0.15, 0.2) is 12.2 Å². The molecule has 0 saturated carbocycles. The molecular weight excluding hydrogens is 272 g/mol. The summed E-state index contributed by atoms with van der Waals surface area (Å²) in [4.78, 5) is 0. The second kappa shape index (κ2) is 14.3. The van der Waals surface area contributed by atoms with Gasteiger partial charge >= 0.3 is 0 Å². The molecule has 0 spiro atoms. The van der Waals surface area contributed by atoms with Crippen molar-refractivity contribution in [3.63, 3.8) is 0 Å². The van der Waals surface area contributed by atoms with Crippen molar-refractivity contribution < 1.29 is 9.47 Å². The molecule has 0 amide bonds. The number of rotatable bonds is 13. The Morgan fingerprint density at radius 1 is 1.05 bits per heavy atom. The molecule has 2 atom stereocenters. The van der Waals surface area contributed by atoms with Crippen molar-refractivity contribution in [2.45, 2.75) is 97.2 Å². The number of ether oxygens (including phenoxy) is 2. The van der Waals surface area contributed by atoms with Gasteiger partial charge in [0, 0.05) is 13.2 Å². The van der Waals surface area contributed by atoms with Crippen molar-refractivity contribution in [2.24, 2.45) is 5.92 Å². The second-order valence-electron chi connectivity index (χ2n) is 6.84. The van der Waals surface area contributed by atoms with E-state index in [1.165, 1.54) is 70.6 Å². The molecular formula is C20H38O2. The van der Waals surface area contributed by atoms with Gasteiger partial charge < -0.3 is 9.47 Å². The van der Waals surface area contributed by atoms with Crippen LogP contribution >= 0.6 is 0 Å². The van der Waals surface area contributed by atoms with E-state index < -0.39 is 0 Å². The van der Waals surface area contributed by atoms with Gasteiger partial charge in [0.15, 0.2) is 6.29 Å². The SMILES string of the molecule is C/C=C/C[C@H](C)CCCCCCCCCOC1CCCCO1. The Kier molecular flexibility index (Phi) is 12.8. The lowest BCUT2D eigenvalue weighted by molar-refractivity contribution is -0.162. The summed E-state index contributed by atoms with van der Waals surface area (Å²) in [6.45, 7) is 6.25. The molecule has 1 rings (SSSR count). The molecule has 2 nitrogen and oxygen atoms in total. The van der Waals surface area contributed by atoms with Crippen LogP contribution in [0.2, 0.25) is 0 Å². The van der Waals surface area contributed by atoms with E-state index >= 15 is 0 Å². The maximum Gasteiger partial charge on any atom is 0.157 e. The lowest BCUT2D eigenvalue weighted by Gasteiger charge is -2.22. The van der Waals surface area contributed by atoms with Crippen molar-refractivity contribution in [3.05, 3.63) is 12.2 Å². The summed E-state index contributed by atoms with van der Waals surface area (Å²) < 4.78 is 11.3. The van der Waals surface area contributed by atoms with Crippen LogP contribution in [0.5, 0.6) is 0 Å². The number of unbranched alkanes of at least 4 members (excludes halogenated alkanes) is 6. The third-order valence-electron chi connectivity index (χ3n) is 4.56. The van der Waals surface area contributed by atoms with Crippen molar-refractivity contribution in [3.8, 4) is 0 Å². The fourth-order valence-corrected chi connectivity index (χ4v) is 3.02. The Hall–Kier alpha value is -0.340. The minimum atomic E-state index is 0.0956. The first-order valence-electron chi connectivity index (χ1n) is 9.67. The molecule has 1 saturated heterocycles. The highest BCUT2D eigenvalue weighted by atomic mass is 16.7. The van der Waals surface area contributed by atoms with E-state index in [1.54, 1.807) is 0 Å². The average molecular weight is 311 g/mol. The van der Waals surface area contributed by atoms with E-state index in [0.717, 1.165) is 25.6 Å². The second-order valence-corrected chi connectivity index (χ2v) is 6.84. The van der Waals surface area contributed by atoms with E-state index in [9.17, 15) is 0 Å². The maximum atomic E-state index is 5.76. The molecule has 1 unspecified atom stereocenters. The van der Waals surface area contributed by atoms with Crippen molar-refractivity contribution >= 4 is 0 Å². The standard InChI is InChI=1S/C20H38O2/c1-3-4-14-19(2)15-10-8-6-5-7-9-12-17-21-20-16-11-13-18-22-20/h3-4,19-20H,5-18H2,1-2H3/b4-3+/t19-,20?/m0/s1. The zero-order valence-corrected chi connectivity index (χ0v) is 15.0. The fraction of sp³-hybridized carbons (Fsp3) is 0.900. The summed E-state index contributed by atoms with van der Waals surface area (Å²) in [5.41, 5.74) is 0. The van der Waals surface area contributed by atoms with Gasteiger partial charge in [0.05, 0.1) is 0 Å². The average Bonchev–Trinajstić information content (AvgIpc) is 2.55. The normalized spacial score (nSPS) is 20.5. The van der Waals surface area contributed by atoms with Crippen LogP contribution in [0.1, 0.15) is 90.9 Å². The summed E-state index contributed by atoms with van der Waals surface area (Å²) in [6, 6.07) is 0. The summed E-state index contributed by atoms with van der Waals surface area (Å²) in [5, 5.41) is 0. The monoisotopic (exact) mass is 310 g/mol. The maximum absolute atomic E-state index is 5.76. The van der Waals surface area contributed by atoms with E-state index in [2.05, 4.69) is 26.0 Å². The minimum Gasteiger partial charge on any atom is -0.353 e. The van der Waals surface area contributed by atoms with E-state index in [1.807, 2.05) is 0 Å². The highest BCUT2D eigenvalue weighted by molar-refractivity contribution is 4.78. The predicted octanol–water partition coefficient (Wildman–Crippen LogP) is 6.25. The summed E-state index contributed by atoms with van der Waals surface area (Å²) in [7, 11) is 0. The molecule has 2 heteroatoms. The first-order chi connectivity index (χ1) is 10.8. The lowest BCUT2D eigenvalue weighted by Crippen LogP contribution is -2.22. The zero-order valence-electron chi connectivity index (χ0n) is 15.0. The summed E-state index contributed by atoms with van der Waals surface area (Å²) in [5.74, 6) is 0.857. The number of hydrogen-bond acceptors (Lipinski definition) is 2. The summed E-state index contributed by atoms with van der Waals surface area (Å²) in [6.07, 6.45) is 20.2. The van der Waals surface area contributed by atoms with Gasteiger partial charge in [0.25, 0.3) is 0 Å². The molecule has 1 fully saturated rings. The number of hydrogen-bond donors (Lipinski definition) is 0. The zero-order chi connectivity index (χ0) is 15.9. The molecule has 1 aliphatic heterocycles. The first-order valence-corrected chi connectivity index (χ1v) is 9.67. The minimum absolute atomic E-state index is 0.0956. The topological polar surface area (TPSA) is 18.5 Å². The molecule has 1 aliphatic rings. The van der Waals surface area contributed by atoms with Gasteiger partial charge in [0.1, 0.15) is 0 Å². The van der Waals surface area contributed by atoms with Crippen LogP contribution in [0.3, 0.4) is 0 Å². The molecule has 0 aromatic heterocycles. The molecule has 0 N–H and O–H groups in total. The van der Waals surface area contributed by atoms with Crippen LogP contribution in [-0.2, 0) is 9.47 Å². The van der Waals surface area contributed by atoms with Gasteiger partial charge in [-0.15, -0.1) is 0 Å². The third-order valence-corrected chi connectivity index (χ3v) is 4.56. The highest BCUT2D eigenvalue weighted by Crippen LogP contribution is 2.16. The van der Waals surface area contributed by atoms with Crippen molar-refractivity contribution in [1.29, 1.82) is 0 Å². The molecule has 1 heterocycles. The molecule has 0 radical (unpaired) electrons. The van der Waals surface area contributed by atoms with Crippen molar-refractivity contribution in [2.75, 3.05) is 13.2 Å². The van der Waals surface area contributed by atoms with Gasteiger partial charge in [-0.1, -0.05) is 64.0 Å². The number of allylic oxidation sites excluding steroid dienone is 2. The molecule has 0 aromatic carbocycles. The Morgan fingerprint density at radius 3 is 2.45 bits per heavy atom. The van der Waals surface area contributed by atoms with Crippen molar-refractivity contribution in [1.82, 2.24) is 0 Å². The first kappa shape index (κ1) is 19.7. The third kappa shape index (κ3) is 11.3. The van der Waals surface area contributed by atoms with Crippen LogP contribution in [0, 0.1) is 5.92 Å². The van der Waals surface area contributed by atoms with Gasteiger partial charge in [-0.05, 0) is 44.9 Å². The van der Waals surface area contributed by atoms with Gasteiger partial charge in [-0.3, -0.25) is 0 Å². The van der Waals surface area contributed by atoms with Crippen LogP contribution in [0.4, 0.5) is 0 Å². The Labute approximate surface area is 138 Å². The molecule has 130 valence electrons. The van der Waals surface area contributed by atoms with Gasteiger partial charge in [0.2, 0.25) is 0 Å². The van der Waals surface area contributed by atoms with Crippen LogP contribution in [0.25, 0.3) is 0 Å². The van der Waals surface area contributed by atoms with Crippen LogP contribution in [-0.4, -0.2) is 19.5 Å². The Bertz CT molecular complexity index is 256. The smallest absolute Gasteiger partial charge is 0.157 e. The van der Waals surface area contributed by atoms with E-state index in [0.29, 0.717) is 0 Å². The highest BCUT2D eigenvalue weighted by Gasteiger charge is 2.13. The molecule has 0 aliphatic carbocycles. The molecule has 0 aromatic rings. The summed E-state index contributed by atoms with van der Waals surface area (Å²) >= 11 is 0. The van der Waals surface area contributed by atoms with Gasteiger partial charge in [-0.25, -0.2) is 0 Å². The van der Waals surface area contributed by atoms with Gasteiger partial charge in [-0.2, -0.15) is 0 Å². The lowest BCUT2D eigenvalue weighted by atomic mass is 9.99. The quantitative estimate of drug-likeness (QED) is 0.295. The Morgan fingerprint density at radius 2 is 1.77 bits per heavy atom. The van der Waals surface area contributed by atoms with Crippen LogP contribution < -0.4 is 0 Å². The Balaban J connectivity index is 1.76. The van der Waals surface area contributed by atoms with E-state index in [-0.39, 0.29) is 6.29 Å². The molecule has 22 heavy (non-hydrogen) atoms.